The van der Waals surface area contributed by atoms with Crippen LogP contribution >= 0.6 is 0 Å². The van der Waals surface area contributed by atoms with Crippen molar-refractivity contribution in [1.29, 1.82) is 0 Å². The maximum absolute atomic E-state index is 13.7. The standard InChI is InChI=1S/C14H18FN3O/c1-14(5-7-19-8-6-14)9-18-11-4-2-3-10(15)12(11)17-13(18)16/h2-4H,5-9H2,1H3,(H2,16,17). The minimum atomic E-state index is -0.319. The van der Waals surface area contributed by atoms with E-state index in [9.17, 15) is 4.39 Å². The van der Waals surface area contributed by atoms with Crippen molar-refractivity contribution < 1.29 is 9.13 Å². The number of nitrogens with two attached hydrogens (primary N) is 1. The molecule has 0 bridgehead atoms. The number of anilines is 1. The third kappa shape index (κ3) is 2.18. The summed E-state index contributed by atoms with van der Waals surface area (Å²) in [5, 5.41) is 0. The third-order valence-corrected chi connectivity index (χ3v) is 4.00. The molecule has 1 aliphatic heterocycles. The number of aromatic nitrogens is 2. The molecule has 102 valence electrons. The zero-order valence-corrected chi connectivity index (χ0v) is 11.0. The van der Waals surface area contributed by atoms with Gasteiger partial charge in [0.2, 0.25) is 5.95 Å². The first-order chi connectivity index (χ1) is 9.09. The lowest BCUT2D eigenvalue weighted by Gasteiger charge is -2.34. The van der Waals surface area contributed by atoms with E-state index in [1.807, 2.05) is 10.6 Å². The Morgan fingerprint density at radius 2 is 2.16 bits per heavy atom. The smallest absolute Gasteiger partial charge is 0.201 e. The van der Waals surface area contributed by atoms with Crippen LogP contribution in [0, 0.1) is 11.2 Å². The number of ether oxygens (including phenoxy) is 1. The maximum Gasteiger partial charge on any atom is 0.201 e. The van der Waals surface area contributed by atoms with Crippen LogP contribution in [0.15, 0.2) is 18.2 Å². The van der Waals surface area contributed by atoms with Crippen molar-refractivity contribution in [3.05, 3.63) is 24.0 Å². The van der Waals surface area contributed by atoms with Crippen LogP contribution in [-0.4, -0.2) is 22.8 Å². The van der Waals surface area contributed by atoms with Crippen molar-refractivity contribution in [1.82, 2.24) is 9.55 Å². The minimum absolute atomic E-state index is 0.131. The highest BCUT2D eigenvalue weighted by Crippen LogP contribution is 2.34. The molecule has 0 spiro atoms. The van der Waals surface area contributed by atoms with Gasteiger partial charge >= 0.3 is 0 Å². The normalized spacial score (nSPS) is 18.8. The van der Waals surface area contributed by atoms with Gasteiger partial charge in [-0.1, -0.05) is 13.0 Å². The average molecular weight is 263 g/mol. The van der Waals surface area contributed by atoms with Crippen molar-refractivity contribution in [2.24, 2.45) is 5.41 Å². The van der Waals surface area contributed by atoms with Crippen molar-refractivity contribution in [2.75, 3.05) is 18.9 Å². The Hall–Kier alpha value is -1.62. The first kappa shape index (κ1) is 12.4. The van der Waals surface area contributed by atoms with Gasteiger partial charge in [0, 0.05) is 19.8 Å². The molecular weight excluding hydrogens is 245 g/mol. The molecule has 0 aliphatic carbocycles. The highest BCUT2D eigenvalue weighted by atomic mass is 19.1. The van der Waals surface area contributed by atoms with Crippen molar-refractivity contribution in [2.45, 2.75) is 26.3 Å². The molecule has 0 amide bonds. The molecular formula is C14H18FN3O. The lowest BCUT2D eigenvalue weighted by atomic mass is 9.82. The lowest BCUT2D eigenvalue weighted by Crippen LogP contribution is -2.31. The molecule has 2 N–H and O–H groups in total. The van der Waals surface area contributed by atoms with Crippen LogP contribution in [0.4, 0.5) is 10.3 Å². The average Bonchev–Trinajstić information content (AvgIpc) is 2.69. The molecule has 1 aromatic heterocycles. The predicted octanol–water partition coefficient (Wildman–Crippen LogP) is 2.57. The minimum Gasteiger partial charge on any atom is -0.381 e. The molecule has 1 saturated heterocycles. The summed E-state index contributed by atoms with van der Waals surface area (Å²) < 4.78 is 21.0. The second-order valence-electron chi connectivity index (χ2n) is 5.59. The number of hydrogen-bond acceptors (Lipinski definition) is 3. The summed E-state index contributed by atoms with van der Waals surface area (Å²) in [5.74, 6) is 0.0629. The Bertz CT molecular complexity index is 602. The molecule has 1 fully saturated rings. The fourth-order valence-corrected chi connectivity index (χ4v) is 2.70. The highest BCUT2D eigenvalue weighted by Gasteiger charge is 2.29. The molecule has 1 aromatic carbocycles. The summed E-state index contributed by atoms with van der Waals surface area (Å²) in [4.78, 5) is 4.14. The molecule has 5 heteroatoms. The second kappa shape index (κ2) is 4.49. The van der Waals surface area contributed by atoms with Gasteiger partial charge in [-0.25, -0.2) is 9.37 Å². The van der Waals surface area contributed by atoms with E-state index in [0.29, 0.717) is 11.5 Å². The molecule has 3 rings (SSSR count). The number of fused-ring (bicyclic) bond motifs is 1. The zero-order valence-electron chi connectivity index (χ0n) is 11.0. The summed E-state index contributed by atoms with van der Waals surface area (Å²) in [6.45, 7) is 4.52. The van der Waals surface area contributed by atoms with E-state index in [1.165, 1.54) is 6.07 Å². The Kier molecular flexibility index (Phi) is 2.93. The van der Waals surface area contributed by atoms with Crippen LogP contribution in [0.25, 0.3) is 11.0 Å². The van der Waals surface area contributed by atoms with E-state index in [4.69, 9.17) is 10.5 Å². The number of halogens is 1. The molecule has 19 heavy (non-hydrogen) atoms. The number of hydrogen-bond donors (Lipinski definition) is 1. The van der Waals surface area contributed by atoms with Gasteiger partial charge in [-0.3, -0.25) is 0 Å². The van der Waals surface area contributed by atoms with Gasteiger partial charge in [0.15, 0.2) is 5.82 Å². The molecule has 0 radical (unpaired) electrons. The lowest BCUT2D eigenvalue weighted by molar-refractivity contribution is 0.0163. The Labute approximate surface area is 111 Å². The van der Waals surface area contributed by atoms with Gasteiger partial charge in [-0.05, 0) is 30.4 Å². The summed E-state index contributed by atoms with van der Waals surface area (Å²) in [6.07, 6.45) is 1.98. The largest absolute Gasteiger partial charge is 0.381 e. The van der Waals surface area contributed by atoms with Crippen LogP contribution in [0.2, 0.25) is 0 Å². The number of para-hydroxylation sites is 1. The number of nitrogens with zero attached hydrogens (tertiary/aromatic N) is 2. The van der Waals surface area contributed by atoms with Gasteiger partial charge in [0.1, 0.15) is 5.52 Å². The van der Waals surface area contributed by atoms with E-state index in [1.54, 1.807) is 6.07 Å². The van der Waals surface area contributed by atoms with E-state index in [2.05, 4.69) is 11.9 Å². The summed E-state index contributed by atoms with van der Waals surface area (Å²) in [7, 11) is 0. The molecule has 4 nitrogen and oxygen atoms in total. The molecule has 0 atom stereocenters. The predicted molar refractivity (Wildman–Crippen MR) is 72.3 cm³/mol. The van der Waals surface area contributed by atoms with E-state index in [0.717, 1.165) is 38.1 Å². The van der Waals surface area contributed by atoms with Crippen LogP contribution in [0.1, 0.15) is 19.8 Å². The molecule has 0 unspecified atom stereocenters. The fourth-order valence-electron chi connectivity index (χ4n) is 2.70. The quantitative estimate of drug-likeness (QED) is 0.906. The molecule has 0 saturated carbocycles. The fraction of sp³-hybridized carbons (Fsp3) is 0.500. The molecule has 2 heterocycles. The van der Waals surface area contributed by atoms with Gasteiger partial charge in [0.05, 0.1) is 5.52 Å². The van der Waals surface area contributed by atoms with Gasteiger partial charge in [-0.2, -0.15) is 0 Å². The van der Waals surface area contributed by atoms with Gasteiger partial charge in [0.25, 0.3) is 0 Å². The maximum atomic E-state index is 13.7. The van der Waals surface area contributed by atoms with Crippen molar-refractivity contribution in [3.8, 4) is 0 Å². The highest BCUT2D eigenvalue weighted by molar-refractivity contribution is 5.78. The monoisotopic (exact) mass is 263 g/mol. The first-order valence-corrected chi connectivity index (χ1v) is 6.57. The summed E-state index contributed by atoms with van der Waals surface area (Å²) >= 11 is 0. The van der Waals surface area contributed by atoms with Crippen molar-refractivity contribution in [3.63, 3.8) is 0 Å². The van der Waals surface area contributed by atoms with Crippen LogP contribution < -0.4 is 5.73 Å². The van der Waals surface area contributed by atoms with Gasteiger partial charge in [-0.15, -0.1) is 0 Å². The third-order valence-electron chi connectivity index (χ3n) is 4.00. The Morgan fingerprint density at radius 1 is 1.42 bits per heavy atom. The molecule has 2 aromatic rings. The number of imidazole rings is 1. The van der Waals surface area contributed by atoms with Crippen LogP contribution in [0.3, 0.4) is 0 Å². The summed E-state index contributed by atoms with van der Waals surface area (Å²) in [5.41, 5.74) is 7.21. The van der Waals surface area contributed by atoms with E-state index < -0.39 is 0 Å². The Balaban J connectivity index is 2.00. The number of benzene rings is 1. The van der Waals surface area contributed by atoms with Crippen LogP contribution in [-0.2, 0) is 11.3 Å². The molecule has 1 aliphatic rings. The SMILES string of the molecule is CC1(Cn2c(N)nc3c(F)cccc32)CCOCC1. The van der Waals surface area contributed by atoms with E-state index >= 15 is 0 Å². The zero-order chi connectivity index (χ0) is 13.5. The van der Waals surface area contributed by atoms with Gasteiger partial charge < -0.3 is 15.0 Å². The topological polar surface area (TPSA) is 53.1 Å². The Morgan fingerprint density at radius 3 is 2.89 bits per heavy atom. The van der Waals surface area contributed by atoms with Crippen molar-refractivity contribution >= 4 is 17.0 Å². The first-order valence-electron chi connectivity index (χ1n) is 6.57. The second-order valence-corrected chi connectivity index (χ2v) is 5.59. The summed E-state index contributed by atoms with van der Waals surface area (Å²) in [6, 6.07) is 4.97. The number of rotatable bonds is 2. The van der Waals surface area contributed by atoms with Crippen LogP contribution in [0.5, 0.6) is 0 Å². The number of nitrogen functional groups attached to an aromatic ring is 1. The van der Waals surface area contributed by atoms with E-state index in [-0.39, 0.29) is 11.2 Å².